The first-order valence-corrected chi connectivity index (χ1v) is 12.1. The number of hydrogen-bond donors (Lipinski definition) is 2. The van der Waals surface area contributed by atoms with Gasteiger partial charge in [0.1, 0.15) is 12.0 Å². The Kier molecular flexibility index (Phi) is 5.41. The number of hydrogen-bond acceptors (Lipinski definition) is 7. The number of carbonyl (C=O) groups excluding carboxylic acids is 1. The monoisotopic (exact) mass is 468 g/mol. The van der Waals surface area contributed by atoms with Gasteiger partial charge in [-0.2, -0.15) is 5.10 Å². The van der Waals surface area contributed by atoms with E-state index in [4.69, 9.17) is 0 Å². The van der Waals surface area contributed by atoms with Gasteiger partial charge in [-0.25, -0.2) is 14.5 Å². The minimum atomic E-state index is -0.137. The lowest BCUT2D eigenvalue weighted by molar-refractivity contribution is 0.0961. The zero-order valence-corrected chi connectivity index (χ0v) is 19.9. The van der Waals surface area contributed by atoms with Crippen molar-refractivity contribution in [3.8, 4) is 11.3 Å². The second-order valence-corrected chi connectivity index (χ2v) is 9.55. The molecule has 2 aliphatic heterocycles. The van der Waals surface area contributed by atoms with Gasteiger partial charge in [0.25, 0.3) is 5.91 Å². The van der Waals surface area contributed by atoms with Crippen molar-refractivity contribution < 1.29 is 4.79 Å². The fourth-order valence-electron chi connectivity index (χ4n) is 5.08. The summed E-state index contributed by atoms with van der Waals surface area (Å²) < 4.78 is 1.75. The number of pyridine rings is 1. The smallest absolute Gasteiger partial charge is 0.270 e. The van der Waals surface area contributed by atoms with E-state index in [1.54, 1.807) is 16.9 Å². The molecule has 0 saturated carbocycles. The van der Waals surface area contributed by atoms with Crippen LogP contribution in [0.2, 0.25) is 0 Å². The molecule has 1 saturated heterocycles. The number of aromatic nitrogens is 5. The van der Waals surface area contributed by atoms with Crippen LogP contribution < -0.4 is 10.6 Å². The molecule has 3 aromatic heterocycles. The molecule has 0 bridgehead atoms. The van der Waals surface area contributed by atoms with Crippen molar-refractivity contribution >= 4 is 23.1 Å². The SMILES string of the molecule is CC(C)N1CCC(c2ccc(Nc3ncc(-c4cnc5c(c4)CNC5=O)n4ncnc34)cc2)CC1. The predicted octanol–water partition coefficient (Wildman–Crippen LogP) is 3.76. The molecule has 0 aliphatic carbocycles. The largest absolute Gasteiger partial charge is 0.347 e. The first kappa shape index (κ1) is 21.7. The van der Waals surface area contributed by atoms with Crippen LogP contribution in [0.1, 0.15) is 54.2 Å². The summed E-state index contributed by atoms with van der Waals surface area (Å²) in [6.07, 6.45) is 7.37. The Morgan fingerprint density at radius 3 is 2.63 bits per heavy atom. The highest BCUT2D eigenvalue weighted by Crippen LogP contribution is 2.31. The predicted molar refractivity (Wildman–Crippen MR) is 134 cm³/mol. The highest BCUT2D eigenvalue weighted by atomic mass is 16.2. The van der Waals surface area contributed by atoms with Crippen LogP contribution in [0.25, 0.3) is 16.9 Å². The molecule has 0 unspecified atom stereocenters. The molecule has 1 amide bonds. The van der Waals surface area contributed by atoms with Crippen molar-refractivity contribution in [3.63, 3.8) is 0 Å². The molecular formula is C26H28N8O. The standard InChI is InChI=1S/C26H28N8O/c1-16(2)33-9-7-18(8-10-33)17-3-5-21(6-4-17)32-24-25-30-15-31-34(25)22(14-28-24)19-11-20-13-29-26(35)23(20)27-12-19/h3-6,11-12,14-16,18H,7-10,13H2,1-2H3,(H,28,32)(H,29,35). The number of nitrogens with one attached hydrogen (secondary N) is 2. The lowest BCUT2D eigenvalue weighted by Gasteiger charge is -2.34. The summed E-state index contributed by atoms with van der Waals surface area (Å²) >= 11 is 0. The van der Waals surface area contributed by atoms with Gasteiger partial charge in [-0.1, -0.05) is 12.1 Å². The van der Waals surface area contributed by atoms with E-state index in [2.05, 4.69) is 73.7 Å². The Morgan fingerprint density at radius 1 is 1.06 bits per heavy atom. The zero-order chi connectivity index (χ0) is 23.9. The van der Waals surface area contributed by atoms with Crippen LogP contribution in [-0.2, 0) is 6.54 Å². The fraction of sp³-hybridized carbons (Fsp3) is 0.346. The summed E-state index contributed by atoms with van der Waals surface area (Å²) in [5.74, 6) is 1.11. The van der Waals surface area contributed by atoms with Gasteiger partial charge in [0.15, 0.2) is 11.5 Å². The van der Waals surface area contributed by atoms with Gasteiger partial charge in [-0.3, -0.25) is 9.78 Å². The van der Waals surface area contributed by atoms with E-state index in [0.717, 1.165) is 35.6 Å². The number of anilines is 2. The number of nitrogens with zero attached hydrogens (tertiary/aromatic N) is 6. The summed E-state index contributed by atoms with van der Waals surface area (Å²) in [7, 11) is 0. The summed E-state index contributed by atoms with van der Waals surface area (Å²) in [5, 5.41) is 10.6. The second kappa shape index (κ2) is 8.74. The molecule has 5 heterocycles. The van der Waals surface area contributed by atoms with Gasteiger partial charge in [-0.05, 0) is 69.5 Å². The number of benzene rings is 1. The van der Waals surface area contributed by atoms with E-state index in [0.29, 0.717) is 35.7 Å². The third kappa shape index (κ3) is 4.01. The molecule has 2 N–H and O–H groups in total. The molecule has 0 spiro atoms. The van der Waals surface area contributed by atoms with Crippen molar-refractivity contribution in [1.82, 2.24) is 34.8 Å². The number of piperidine rings is 1. The molecule has 1 aromatic carbocycles. The summed E-state index contributed by atoms with van der Waals surface area (Å²) in [5.41, 5.74) is 5.93. The average Bonchev–Trinajstić information content (AvgIpc) is 3.52. The highest BCUT2D eigenvalue weighted by Gasteiger charge is 2.23. The Morgan fingerprint density at radius 2 is 1.86 bits per heavy atom. The van der Waals surface area contributed by atoms with Crippen LogP contribution in [-0.4, -0.2) is 54.5 Å². The Labute approximate surface area is 203 Å². The maximum atomic E-state index is 11.8. The van der Waals surface area contributed by atoms with Crippen molar-refractivity contribution in [3.05, 3.63) is 65.9 Å². The molecule has 0 atom stereocenters. The molecule has 0 radical (unpaired) electrons. The van der Waals surface area contributed by atoms with Gasteiger partial charge in [0, 0.05) is 35.6 Å². The number of fused-ring (bicyclic) bond motifs is 2. The summed E-state index contributed by atoms with van der Waals surface area (Å²) in [6.45, 7) is 7.35. The number of likely N-dealkylation sites (tertiary alicyclic amines) is 1. The van der Waals surface area contributed by atoms with Crippen molar-refractivity contribution in [1.29, 1.82) is 0 Å². The molecule has 1 fully saturated rings. The minimum Gasteiger partial charge on any atom is -0.347 e. The van der Waals surface area contributed by atoms with Gasteiger partial charge in [0.05, 0.1) is 11.9 Å². The Hall–Kier alpha value is -3.85. The zero-order valence-electron chi connectivity index (χ0n) is 19.9. The number of rotatable bonds is 5. The average molecular weight is 469 g/mol. The van der Waals surface area contributed by atoms with Gasteiger partial charge in [0.2, 0.25) is 0 Å². The van der Waals surface area contributed by atoms with Crippen LogP contribution in [0.4, 0.5) is 11.5 Å². The van der Waals surface area contributed by atoms with E-state index in [-0.39, 0.29) is 5.91 Å². The van der Waals surface area contributed by atoms with Gasteiger partial charge >= 0.3 is 0 Å². The van der Waals surface area contributed by atoms with E-state index >= 15 is 0 Å². The van der Waals surface area contributed by atoms with Crippen LogP contribution in [0.15, 0.2) is 49.1 Å². The summed E-state index contributed by atoms with van der Waals surface area (Å²) in [6, 6.07) is 11.2. The molecule has 6 rings (SSSR count). The third-order valence-electron chi connectivity index (χ3n) is 7.13. The minimum absolute atomic E-state index is 0.137. The molecule has 4 aromatic rings. The topological polar surface area (TPSA) is 100 Å². The molecule has 35 heavy (non-hydrogen) atoms. The van der Waals surface area contributed by atoms with Crippen molar-refractivity contribution in [2.24, 2.45) is 0 Å². The molecule has 2 aliphatic rings. The van der Waals surface area contributed by atoms with E-state index in [1.165, 1.54) is 24.7 Å². The second-order valence-electron chi connectivity index (χ2n) is 9.55. The molecule has 9 heteroatoms. The van der Waals surface area contributed by atoms with Crippen LogP contribution >= 0.6 is 0 Å². The Balaban J connectivity index is 1.22. The first-order chi connectivity index (χ1) is 17.1. The van der Waals surface area contributed by atoms with Crippen LogP contribution in [0.5, 0.6) is 0 Å². The van der Waals surface area contributed by atoms with Gasteiger partial charge in [-0.15, -0.1) is 0 Å². The van der Waals surface area contributed by atoms with Crippen molar-refractivity contribution in [2.75, 3.05) is 18.4 Å². The van der Waals surface area contributed by atoms with Crippen LogP contribution in [0, 0.1) is 0 Å². The summed E-state index contributed by atoms with van der Waals surface area (Å²) in [4.78, 5) is 27.8. The quantitative estimate of drug-likeness (QED) is 0.460. The maximum Gasteiger partial charge on any atom is 0.270 e. The third-order valence-corrected chi connectivity index (χ3v) is 7.13. The molecule has 178 valence electrons. The van der Waals surface area contributed by atoms with Gasteiger partial charge < -0.3 is 15.5 Å². The lowest BCUT2D eigenvalue weighted by atomic mass is 9.89. The fourth-order valence-corrected chi connectivity index (χ4v) is 5.08. The van der Waals surface area contributed by atoms with E-state index in [9.17, 15) is 4.79 Å². The molecular weight excluding hydrogens is 440 g/mol. The maximum absolute atomic E-state index is 11.8. The normalized spacial score (nSPS) is 16.6. The van der Waals surface area contributed by atoms with Crippen LogP contribution in [0.3, 0.4) is 0 Å². The number of amides is 1. The lowest BCUT2D eigenvalue weighted by Crippen LogP contribution is -2.37. The highest BCUT2D eigenvalue weighted by molar-refractivity contribution is 5.96. The van der Waals surface area contributed by atoms with Crippen molar-refractivity contribution in [2.45, 2.75) is 45.2 Å². The first-order valence-electron chi connectivity index (χ1n) is 12.1. The Bertz CT molecular complexity index is 1390. The number of carbonyl (C=O) groups is 1. The van der Waals surface area contributed by atoms with E-state index < -0.39 is 0 Å². The van der Waals surface area contributed by atoms with E-state index in [1.807, 2.05) is 6.07 Å². The molecule has 9 nitrogen and oxygen atoms in total.